The van der Waals surface area contributed by atoms with Gasteiger partial charge in [0.15, 0.2) is 5.75 Å². The fraction of sp³-hybridized carbons (Fsp3) is 0.273. The van der Waals surface area contributed by atoms with Gasteiger partial charge in [-0.25, -0.2) is 18.1 Å². The topological polar surface area (TPSA) is 101 Å². The number of benzene rings is 1. The average Bonchev–Trinajstić information content (AvgIpc) is 2.78. The van der Waals surface area contributed by atoms with Crippen molar-refractivity contribution in [3.05, 3.63) is 30.1 Å². The third kappa shape index (κ3) is 3.52. The number of hydrogen-bond acceptors (Lipinski definition) is 5. The number of aromatic amines is 1. The Morgan fingerprint density at radius 3 is 2.84 bits per heavy atom. The standard InChI is InChI=1S/C11H13N3O4S/c1-18-11(15)7-19(16,17)12-6-10-13-8-4-2-3-5-9(8)14-10/h2-5,12H,6-7H2,1H3,(H,13,14). The van der Waals surface area contributed by atoms with Crippen molar-refractivity contribution in [2.45, 2.75) is 6.54 Å². The molecule has 0 aliphatic carbocycles. The molecule has 7 nitrogen and oxygen atoms in total. The molecule has 0 saturated heterocycles. The van der Waals surface area contributed by atoms with E-state index in [9.17, 15) is 13.2 Å². The van der Waals surface area contributed by atoms with Crippen LogP contribution in [0, 0.1) is 0 Å². The van der Waals surface area contributed by atoms with Crippen LogP contribution in [0.5, 0.6) is 0 Å². The molecular weight excluding hydrogens is 270 g/mol. The minimum absolute atomic E-state index is 0.00594. The fourth-order valence-electron chi connectivity index (χ4n) is 1.53. The SMILES string of the molecule is COC(=O)CS(=O)(=O)NCc1nc2ccccc2[nH]1. The van der Waals surface area contributed by atoms with Gasteiger partial charge in [0.05, 0.1) is 24.7 Å². The normalized spacial score (nSPS) is 11.6. The number of aromatic nitrogens is 2. The number of H-pyrrole nitrogens is 1. The van der Waals surface area contributed by atoms with Crippen molar-refractivity contribution in [2.24, 2.45) is 0 Å². The van der Waals surface area contributed by atoms with Gasteiger partial charge in [0.25, 0.3) is 0 Å². The Balaban J connectivity index is 2.04. The average molecular weight is 283 g/mol. The Morgan fingerprint density at radius 2 is 2.16 bits per heavy atom. The highest BCUT2D eigenvalue weighted by Gasteiger charge is 2.17. The zero-order valence-corrected chi connectivity index (χ0v) is 11.0. The van der Waals surface area contributed by atoms with E-state index in [-0.39, 0.29) is 6.54 Å². The Kier molecular flexibility index (Phi) is 3.82. The summed E-state index contributed by atoms with van der Waals surface area (Å²) >= 11 is 0. The number of fused-ring (bicyclic) bond motifs is 1. The van der Waals surface area contributed by atoms with Crippen molar-refractivity contribution in [3.8, 4) is 0 Å². The zero-order chi connectivity index (χ0) is 13.9. The molecule has 2 aromatic rings. The molecule has 0 aliphatic heterocycles. The molecule has 0 bridgehead atoms. The molecule has 1 aromatic carbocycles. The van der Waals surface area contributed by atoms with Gasteiger partial charge >= 0.3 is 5.97 Å². The summed E-state index contributed by atoms with van der Waals surface area (Å²) in [5, 5.41) is 0. The molecule has 0 unspecified atom stereocenters. The van der Waals surface area contributed by atoms with Crippen molar-refractivity contribution in [1.29, 1.82) is 0 Å². The van der Waals surface area contributed by atoms with E-state index in [0.717, 1.165) is 18.1 Å². The molecule has 2 rings (SSSR count). The number of sulfonamides is 1. The lowest BCUT2D eigenvalue weighted by atomic mass is 10.3. The molecule has 0 atom stereocenters. The molecule has 2 N–H and O–H groups in total. The number of nitrogens with one attached hydrogen (secondary N) is 2. The summed E-state index contributed by atoms with van der Waals surface area (Å²) in [5.74, 6) is -1.03. The van der Waals surface area contributed by atoms with Crippen LogP contribution >= 0.6 is 0 Å². The van der Waals surface area contributed by atoms with Gasteiger partial charge < -0.3 is 9.72 Å². The maximum atomic E-state index is 11.5. The summed E-state index contributed by atoms with van der Waals surface area (Å²) in [6.45, 7) is -0.00594. The van der Waals surface area contributed by atoms with Gasteiger partial charge in [0.2, 0.25) is 10.0 Å². The molecule has 0 aliphatic rings. The van der Waals surface area contributed by atoms with Crippen LogP contribution in [0.1, 0.15) is 5.82 Å². The number of ether oxygens (including phenoxy) is 1. The number of para-hydroxylation sites is 2. The minimum Gasteiger partial charge on any atom is -0.468 e. The van der Waals surface area contributed by atoms with Crippen LogP contribution in [0.2, 0.25) is 0 Å². The molecule has 1 aromatic heterocycles. The number of imidazole rings is 1. The number of carbonyl (C=O) groups is 1. The van der Waals surface area contributed by atoms with E-state index in [1.807, 2.05) is 24.3 Å². The van der Waals surface area contributed by atoms with Crippen LogP contribution in [0.15, 0.2) is 24.3 Å². The number of hydrogen-bond donors (Lipinski definition) is 2. The van der Waals surface area contributed by atoms with Gasteiger partial charge in [-0.2, -0.15) is 0 Å². The second-order valence-electron chi connectivity index (χ2n) is 3.86. The first-order chi connectivity index (χ1) is 9.00. The van der Waals surface area contributed by atoms with Crippen molar-refractivity contribution in [1.82, 2.24) is 14.7 Å². The maximum absolute atomic E-state index is 11.5. The number of methoxy groups -OCH3 is 1. The lowest BCUT2D eigenvalue weighted by Crippen LogP contribution is -2.30. The van der Waals surface area contributed by atoms with Crippen molar-refractivity contribution >= 4 is 27.0 Å². The third-order valence-electron chi connectivity index (χ3n) is 2.43. The summed E-state index contributed by atoms with van der Waals surface area (Å²) in [5.41, 5.74) is 1.58. The van der Waals surface area contributed by atoms with Crippen LogP contribution in [-0.4, -0.2) is 37.2 Å². The molecule has 0 spiro atoms. The Labute approximate surface area is 110 Å². The fourth-order valence-corrected chi connectivity index (χ4v) is 2.42. The Hall–Kier alpha value is -1.93. The first kappa shape index (κ1) is 13.5. The molecule has 1 heterocycles. The molecular formula is C11H13N3O4S. The first-order valence-electron chi connectivity index (χ1n) is 5.48. The van der Waals surface area contributed by atoms with E-state index in [0.29, 0.717) is 5.82 Å². The predicted octanol–water partition coefficient (Wildman–Crippen LogP) is 0.155. The summed E-state index contributed by atoms with van der Waals surface area (Å²) in [4.78, 5) is 18.1. The van der Waals surface area contributed by atoms with Gasteiger partial charge in [-0.15, -0.1) is 0 Å². The third-order valence-corrected chi connectivity index (χ3v) is 3.63. The quantitative estimate of drug-likeness (QED) is 0.761. The highest BCUT2D eigenvalue weighted by molar-refractivity contribution is 7.90. The van der Waals surface area contributed by atoms with Gasteiger partial charge in [-0.3, -0.25) is 4.79 Å². The van der Waals surface area contributed by atoms with E-state index in [1.165, 1.54) is 0 Å². The smallest absolute Gasteiger partial charge is 0.322 e. The number of carbonyl (C=O) groups excluding carboxylic acids is 1. The highest BCUT2D eigenvalue weighted by Crippen LogP contribution is 2.10. The molecule has 0 amide bonds. The lowest BCUT2D eigenvalue weighted by molar-refractivity contribution is -0.137. The molecule has 102 valence electrons. The Morgan fingerprint density at radius 1 is 1.42 bits per heavy atom. The largest absolute Gasteiger partial charge is 0.468 e. The van der Waals surface area contributed by atoms with E-state index in [4.69, 9.17) is 0 Å². The van der Waals surface area contributed by atoms with E-state index in [1.54, 1.807) is 0 Å². The van der Waals surface area contributed by atoms with Crippen molar-refractivity contribution in [2.75, 3.05) is 12.9 Å². The molecule has 0 radical (unpaired) electrons. The lowest BCUT2D eigenvalue weighted by Gasteiger charge is -2.03. The monoisotopic (exact) mass is 283 g/mol. The molecule has 19 heavy (non-hydrogen) atoms. The Bertz CT molecular complexity index is 660. The van der Waals surface area contributed by atoms with Crippen molar-refractivity contribution < 1.29 is 17.9 Å². The van der Waals surface area contributed by atoms with E-state index < -0.39 is 21.7 Å². The molecule has 8 heteroatoms. The summed E-state index contributed by atoms with van der Waals surface area (Å²) in [6.07, 6.45) is 0. The second kappa shape index (κ2) is 5.37. The van der Waals surface area contributed by atoms with Gasteiger partial charge in [-0.05, 0) is 12.1 Å². The summed E-state index contributed by atoms with van der Waals surface area (Å²) in [6, 6.07) is 7.35. The van der Waals surface area contributed by atoms with Gasteiger partial charge in [0, 0.05) is 0 Å². The van der Waals surface area contributed by atoms with Gasteiger partial charge in [-0.1, -0.05) is 12.1 Å². The van der Waals surface area contributed by atoms with Crippen molar-refractivity contribution in [3.63, 3.8) is 0 Å². The number of esters is 1. The number of rotatable bonds is 5. The maximum Gasteiger partial charge on any atom is 0.322 e. The zero-order valence-electron chi connectivity index (χ0n) is 10.2. The summed E-state index contributed by atoms with van der Waals surface area (Å²) in [7, 11) is -2.58. The van der Waals surface area contributed by atoms with E-state index in [2.05, 4.69) is 19.4 Å². The van der Waals surface area contributed by atoms with Crippen LogP contribution in [0.3, 0.4) is 0 Å². The molecule has 0 fully saturated rings. The molecule has 0 saturated carbocycles. The summed E-state index contributed by atoms with van der Waals surface area (Å²) < 4.78 is 29.7. The second-order valence-corrected chi connectivity index (χ2v) is 5.66. The highest BCUT2D eigenvalue weighted by atomic mass is 32.2. The van der Waals surface area contributed by atoms with Crippen LogP contribution in [-0.2, 0) is 26.1 Å². The predicted molar refractivity (Wildman–Crippen MR) is 68.7 cm³/mol. The van der Waals surface area contributed by atoms with Gasteiger partial charge in [0.1, 0.15) is 5.82 Å². The first-order valence-corrected chi connectivity index (χ1v) is 7.13. The minimum atomic E-state index is -3.71. The van der Waals surface area contributed by atoms with Crippen LogP contribution in [0.25, 0.3) is 11.0 Å². The number of nitrogens with zero attached hydrogens (tertiary/aromatic N) is 1. The van der Waals surface area contributed by atoms with E-state index >= 15 is 0 Å². The van der Waals surface area contributed by atoms with Crippen LogP contribution in [0.4, 0.5) is 0 Å². The van der Waals surface area contributed by atoms with Crippen LogP contribution < -0.4 is 4.72 Å².